The zero-order chi connectivity index (χ0) is 14.4. The van der Waals surface area contributed by atoms with Crippen LogP contribution in [-0.2, 0) is 6.61 Å². The normalized spacial score (nSPS) is 9.75. The fourth-order valence-corrected chi connectivity index (χ4v) is 1.64. The van der Waals surface area contributed by atoms with E-state index < -0.39 is 11.6 Å². The lowest BCUT2D eigenvalue weighted by Gasteiger charge is -2.07. The van der Waals surface area contributed by atoms with Crippen molar-refractivity contribution in [1.82, 2.24) is 0 Å². The van der Waals surface area contributed by atoms with Gasteiger partial charge in [-0.15, -0.1) is 0 Å². The van der Waals surface area contributed by atoms with E-state index in [1.165, 1.54) is 12.1 Å². The highest BCUT2D eigenvalue weighted by atomic mass is 19.2. The highest BCUT2D eigenvalue weighted by molar-refractivity contribution is 5.37. The Hall–Kier alpha value is -2.38. The average molecular weight is 274 g/mol. The molecule has 0 amide bonds. The van der Waals surface area contributed by atoms with Crippen molar-refractivity contribution in [2.75, 3.05) is 6.61 Å². The monoisotopic (exact) mass is 274 g/mol. The summed E-state index contributed by atoms with van der Waals surface area (Å²) in [6.07, 6.45) is 0. The van der Waals surface area contributed by atoms with E-state index >= 15 is 0 Å². The van der Waals surface area contributed by atoms with Crippen LogP contribution in [0, 0.1) is 23.5 Å². The number of benzene rings is 2. The van der Waals surface area contributed by atoms with Crippen molar-refractivity contribution in [3.05, 3.63) is 65.2 Å². The molecule has 2 nitrogen and oxygen atoms in total. The molecule has 0 saturated carbocycles. The zero-order valence-corrected chi connectivity index (χ0v) is 10.6. The van der Waals surface area contributed by atoms with Crippen molar-refractivity contribution in [3.8, 4) is 17.6 Å². The number of hydrogen-bond donors (Lipinski definition) is 1. The number of ether oxygens (including phenoxy) is 1. The maximum absolute atomic E-state index is 13.4. The van der Waals surface area contributed by atoms with Gasteiger partial charge in [0, 0.05) is 5.56 Å². The molecule has 0 atom stereocenters. The van der Waals surface area contributed by atoms with Crippen molar-refractivity contribution in [1.29, 1.82) is 0 Å². The van der Waals surface area contributed by atoms with Crippen molar-refractivity contribution in [2.45, 2.75) is 6.61 Å². The summed E-state index contributed by atoms with van der Waals surface area (Å²) in [6, 6.07) is 10.9. The average Bonchev–Trinajstić information content (AvgIpc) is 2.47. The lowest BCUT2D eigenvalue weighted by atomic mass is 10.1. The Morgan fingerprint density at radius 3 is 2.70 bits per heavy atom. The van der Waals surface area contributed by atoms with Crippen LogP contribution in [0.25, 0.3) is 0 Å². The van der Waals surface area contributed by atoms with E-state index in [9.17, 15) is 8.78 Å². The van der Waals surface area contributed by atoms with Gasteiger partial charge in [-0.2, -0.15) is 4.39 Å². The molecule has 2 rings (SSSR count). The first-order chi connectivity index (χ1) is 9.70. The van der Waals surface area contributed by atoms with Gasteiger partial charge in [0.15, 0.2) is 11.6 Å². The third kappa shape index (κ3) is 3.56. The van der Waals surface area contributed by atoms with Gasteiger partial charge in [0.2, 0.25) is 5.82 Å². The highest BCUT2D eigenvalue weighted by Gasteiger charge is 2.08. The van der Waals surface area contributed by atoms with Crippen LogP contribution in [0.5, 0.6) is 5.75 Å². The minimum atomic E-state index is -0.997. The number of halogens is 2. The van der Waals surface area contributed by atoms with Crippen LogP contribution in [0.1, 0.15) is 11.1 Å². The topological polar surface area (TPSA) is 29.5 Å². The molecule has 0 aliphatic carbocycles. The Labute approximate surface area is 115 Å². The molecule has 2 aromatic carbocycles. The Balaban J connectivity index is 2.09. The fraction of sp³-hybridized carbons (Fsp3) is 0.125. The zero-order valence-electron chi connectivity index (χ0n) is 10.6. The minimum Gasteiger partial charge on any atom is -0.486 e. The van der Waals surface area contributed by atoms with E-state index in [2.05, 4.69) is 11.8 Å². The Morgan fingerprint density at radius 2 is 1.90 bits per heavy atom. The molecule has 0 heterocycles. The van der Waals surface area contributed by atoms with Gasteiger partial charge < -0.3 is 9.84 Å². The van der Waals surface area contributed by atoms with Gasteiger partial charge >= 0.3 is 0 Å². The molecule has 0 aromatic heterocycles. The number of aliphatic hydroxyl groups is 1. The molecular weight excluding hydrogens is 262 g/mol. The van der Waals surface area contributed by atoms with E-state index in [1.807, 2.05) is 0 Å². The first-order valence-electron chi connectivity index (χ1n) is 5.96. The molecule has 0 spiro atoms. The molecule has 0 saturated heterocycles. The van der Waals surface area contributed by atoms with Crippen molar-refractivity contribution in [3.63, 3.8) is 0 Å². The van der Waals surface area contributed by atoms with Crippen LogP contribution < -0.4 is 4.74 Å². The molecule has 4 heteroatoms. The summed E-state index contributed by atoms with van der Waals surface area (Å²) in [4.78, 5) is 0. The summed E-state index contributed by atoms with van der Waals surface area (Å²) >= 11 is 0. The molecule has 1 N–H and O–H groups in total. The SMILES string of the molecule is OCC#Cc1cccc(COc2cccc(F)c2F)c1. The van der Waals surface area contributed by atoms with Crippen LogP contribution in [0.2, 0.25) is 0 Å². The van der Waals surface area contributed by atoms with Gasteiger partial charge in [-0.05, 0) is 29.8 Å². The van der Waals surface area contributed by atoms with Gasteiger partial charge in [0.1, 0.15) is 13.2 Å². The highest BCUT2D eigenvalue weighted by Crippen LogP contribution is 2.20. The Morgan fingerprint density at radius 1 is 1.10 bits per heavy atom. The summed E-state index contributed by atoms with van der Waals surface area (Å²) < 4.78 is 31.7. The van der Waals surface area contributed by atoms with Gasteiger partial charge in [-0.1, -0.05) is 30.0 Å². The maximum Gasteiger partial charge on any atom is 0.200 e. The lowest BCUT2D eigenvalue weighted by Crippen LogP contribution is -1.99. The first kappa shape index (κ1) is 14.0. The molecule has 102 valence electrons. The van der Waals surface area contributed by atoms with E-state index in [0.717, 1.165) is 17.2 Å². The summed E-state index contributed by atoms with van der Waals surface area (Å²) in [5.74, 6) is 3.24. The smallest absolute Gasteiger partial charge is 0.200 e. The van der Waals surface area contributed by atoms with E-state index in [0.29, 0.717) is 0 Å². The predicted octanol–water partition coefficient (Wildman–Crippen LogP) is 2.89. The van der Waals surface area contributed by atoms with Crippen LogP contribution in [-0.4, -0.2) is 11.7 Å². The number of aliphatic hydroxyl groups excluding tert-OH is 1. The molecule has 0 aliphatic heterocycles. The van der Waals surface area contributed by atoms with E-state index in [-0.39, 0.29) is 19.0 Å². The summed E-state index contributed by atoms with van der Waals surface area (Å²) in [7, 11) is 0. The lowest BCUT2D eigenvalue weighted by molar-refractivity contribution is 0.284. The van der Waals surface area contributed by atoms with Crippen LogP contribution in [0.15, 0.2) is 42.5 Å². The van der Waals surface area contributed by atoms with Gasteiger partial charge in [0.05, 0.1) is 0 Å². The summed E-state index contributed by atoms with van der Waals surface area (Å²) in [5, 5.41) is 8.63. The third-order valence-corrected chi connectivity index (χ3v) is 2.55. The molecular formula is C16H12F2O2. The van der Waals surface area contributed by atoms with Gasteiger partial charge in [0.25, 0.3) is 0 Å². The van der Waals surface area contributed by atoms with Crippen LogP contribution in [0.4, 0.5) is 8.78 Å². The Kier molecular flexibility index (Phi) is 4.70. The van der Waals surface area contributed by atoms with Crippen LogP contribution >= 0.6 is 0 Å². The van der Waals surface area contributed by atoms with Crippen molar-refractivity contribution < 1.29 is 18.6 Å². The molecule has 0 bridgehead atoms. The number of rotatable bonds is 3. The summed E-state index contributed by atoms with van der Waals surface area (Å²) in [6.45, 7) is -0.107. The Bertz CT molecular complexity index is 657. The minimum absolute atomic E-state index is 0.106. The van der Waals surface area contributed by atoms with E-state index in [1.54, 1.807) is 24.3 Å². The molecule has 0 unspecified atom stereocenters. The van der Waals surface area contributed by atoms with E-state index in [4.69, 9.17) is 9.84 Å². The molecule has 20 heavy (non-hydrogen) atoms. The maximum atomic E-state index is 13.4. The van der Waals surface area contributed by atoms with Crippen LogP contribution in [0.3, 0.4) is 0 Å². The number of hydrogen-bond acceptors (Lipinski definition) is 2. The standard InChI is InChI=1S/C16H12F2O2/c17-14-7-2-8-15(16(14)18)20-11-13-5-1-4-12(10-13)6-3-9-19/h1-2,4-5,7-8,10,19H,9,11H2. The molecule has 0 fully saturated rings. The predicted molar refractivity (Wildman–Crippen MR) is 71.1 cm³/mol. The second-order valence-electron chi connectivity index (χ2n) is 4.00. The third-order valence-electron chi connectivity index (χ3n) is 2.55. The molecule has 0 aliphatic rings. The second kappa shape index (κ2) is 6.69. The molecule has 2 aromatic rings. The fourth-order valence-electron chi connectivity index (χ4n) is 1.64. The van der Waals surface area contributed by atoms with Crippen molar-refractivity contribution in [2.24, 2.45) is 0 Å². The second-order valence-corrected chi connectivity index (χ2v) is 4.00. The largest absolute Gasteiger partial charge is 0.486 e. The van der Waals surface area contributed by atoms with Gasteiger partial charge in [-0.3, -0.25) is 0 Å². The quantitative estimate of drug-likeness (QED) is 0.872. The first-order valence-corrected chi connectivity index (χ1v) is 5.96. The van der Waals surface area contributed by atoms with Gasteiger partial charge in [-0.25, -0.2) is 4.39 Å². The van der Waals surface area contributed by atoms with Crippen molar-refractivity contribution >= 4 is 0 Å². The summed E-state index contributed by atoms with van der Waals surface area (Å²) in [5.41, 5.74) is 1.50. The molecule has 0 radical (unpaired) electrons.